The Balaban J connectivity index is 0.000000172. The summed E-state index contributed by atoms with van der Waals surface area (Å²) in [5, 5.41) is 22.5. The Morgan fingerprint density at radius 1 is 0.537 bits per heavy atom. The highest BCUT2D eigenvalue weighted by molar-refractivity contribution is 6.32. The van der Waals surface area contributed by atoms with Gasteiger partial charge in [-0.25, -0.2) is 19.2 Å². The molecular weight excluding hydrogens is 1080 g/mol. The van der Waals surface area contributed by atoms with Gasteiger partial charge in [0.05, 0.1) is 24.4 Å². The number of benzene rings is 6. The van der Waals surface area contributed by atoms with Crippen LogP contribution in [-0.4, -0.2) is 50.1 Å². The Morgan fingerprint density at radius 2 is 0.902 bits per heavy atom. The number of allylic oxidation sites excluding steroid dienone is 2. The minimum Gasteiger partial charge on any atom is -0.463 e. The standard InChI is InChI=1S/2C33H25ClN2O5/c2*1-3-36-26-15-14-20(34)16-24(26)33(32(36)39)25(31(38)40-4-2)17-22(19-10-6-5-7-11-19)29(33)28-21-12-8-9-13-27(21)41-30(37)23(28)18-35/h2*5-17,22,29H,3-4H2,1-2H3/t2*22-,29+,33-/m11/s1. The third kappa shape index (κ3) is 8.19. The van der Waals surface area contributed by atoms with Gasteiger partial charge in [-0.15, -0.1) is 0 Å². The molecule has 0 radical (unpaired) electrons. The van der Waals surface area contributed by atoms with E-state index in [9.17, 15) is 39.3 Å². The first-order valence-corrected chi connectivity index (χ1v) is 27.6. The molecule has 6 aromatic carbocycles. The zero-order valence-electron chi connectivity index (χ0n) is 44.8. The highest BCUT2D eigenvalue weighted by Gasteiger charge is 2.67. The molecule has 2 aliphatic carbocycles. The molecule has 2 spiro atoms. The van der Waals surface area contributed by atoms with Crippen molar-refractivity contribution in [2.45, 2.75) is 62.2 Å². The monoisotopic (exact) mass is 1130 g/mol. The smallest absolute Gasteiger partial charge is 0.354 e. The van der Waals surface area contributed by atoms with Crippen molar-refractivity contribution in [3.63, 3.8) is 0 Å². The van der Waals surface area contributed by atoms with Crippen LogP contribution in [0.15, 0.2) is 187 Å². The van der Waals surface area contributed by atoms with Crippen molar-refractivity contribution in [3.05, 3.63) is 244 Å². The molecule has 0 bridgehead atoms. The number of nitrogens with zero attached hydrogens (tertiary/aromatic N) is 4. The SMILES string of the molecule is CCOC(=O)C1=C[C@H](c2ccccc2)[C@@H](c2c(C#N)c(=O)oc3ccccc23)[C@]12C(=O)N(CC)c1ccc(Cl)cc12.CCOC(=O)C1=C[C@H](c2ccccc2)[C@@H](c2c(C#N)c(=O)oc3ccccc23)[C@]12C(=O)N(CC)c1ccc(Cl)cc12. The summed E-state index contributed by atoms with van der Waals surface area (Å²) in [6.07, 6.45) is 3.54. The van der Waals surface area contributed by atoms with Gasteiger partial charge in [0.25, 0.3) is 0 Å². The molecule has 0 saturated carbocycles. The van der Waals surface area contributed by atoms with Crippen molar-refractivity contribution < 1.29 is 37.5 Å². The third-order valence-corrected chi connectivity index (χ3v) is 16.7. The molecule has 2 aliphatic heterocycles. The van der Waals surface area contributed by atoms with Crippen LogP contribution in [-0.2, 0) is 39.5 Å². The van der Waals surface area contributed by atoms with E-state index in [-0.39, 0.29) is 58.5 Å². The lowest BCUT2D eigenvalue weighted by atomic mass is 9.63. The van der Waals surface area contributed by atoms with E-state index in [0.29, 0.717) is 67.5 Å². The Hall–Kier alpha value is -9.34. The fourth-order valence-electron chi connectivity index (χ4n) is 13.2. The summed E-state index contributed by atoms with van der Waals surface area (Å²) in [6, 6.07) is 47.2. The summed E-state index contributed by atoms with van der Waals surface area (Å²) in [6.45, 7) is 7.98. The maximum Gasteiger partial charge on any atom is 0.354 e. The second kappa shape index (κ2) is 21.6. The number of carbonyl (C=O) groups excluding carboxylic acids is 4. The van der Waals surface area contributed by atoms with Gasteiger partial charge in [0, 0.05) is 69.0 Å². The summed E-state index contributed by atoms with van der Waals surface area (Å²) >= 11 is 13.1. The number of halogens is 2. The van der Waals surface area contributed by atoms with Crippen molar-refractivity contribution in [1.82, 2.24) is 0 Å². The number of amides is 2. The van der Waals surface area contributed by atoms with Gasteiger partial charge < -0.3 is 28.1 Å². The van der Waals surface area contributed by atoms with Crippen LogP contribution in [0.4, 0.5) is 11.4 Å². The second-order valence-electron chi connectivity index (χ2n) is 20.0. The van der Waals surface area contributed by atoms with Crippen molar-refractivity contribution in [1.29, 1.82) is 10.5 Å². The summed E-state index contributed by atoms with van der Waals surface area (Å²) in [4.78, 5) is 87.3. The number of esters is 2. The zero-order valence-corrected chi connectivity index (χ0v) is 46.3. The number of rotatable bonds is 10. The molecule has 2 aromatic heterocycles. The quantitative estimate of drug-likeness (QED) is 0.0928. The van der Waals surface area contributed by atoms with Gasteiger partial charge in [0.15, 0.2) is 0 Å². The first-order chi connectivity index (χ1) is 39.8. The van der Waals surface area contributed by atoms with E-state index in [2.05, 4.69) is 12.1 Å². The van der Waals surface area contributed by atoms with E-state index in [0.717, 1.165) is 11.1 Å². The molecule has 0 fully saturated rings. The predicted molar refractivity (Wildman–Crippen MR) is 310 cm³/mol. The predicted octanol–water partition coefficient (Wildman–Crippen LogP) is 12.0. The van der Waals surface area contributed by atoms with Crippen LogP contribution < -0.4 is 21.1 Å². The van der Waals surface area contributed by atoms with Crippen LogP contribution >= 0.6 is 23.2 Å². The number of likely N-dealkylation sites (N-methyl/N-ethyl adjacent to an activating group) is 2. The Morgan fingerprint density at radius 3 is 1.26 bits per heavy atom. The first-order valence-electron chi connectivity index (χ1n) is 26.8. The van der Waals surface area contributed by atoms with Gasteiger partial charge in [0.1, 0.15) is 45.3 Å². The van der Waals surface area contributed by atoms with Crippen LogP contribution in [0.1, 0.15) is 95.9 Å². The number of anilines is 2. The van der Waals surface area contributed by atoms with E-state index in [1.54, 1.807) is 121 Å². The number of nitriles is 2. The number of carbonyl (C=O) groups is 4. The minimum atomic E-state index is -1.63. The number of ether oxygens (including phenoxy) is 2. The van der Waals surface area contributed by atoms with Gasteiger partial charge in [-0.2, -0.15) is 10.5 Å². The van der Waals surface area contributed by atoms with Crippen LogP contribution in [0.3, 0.4) is 0 Å². The minimum absolute atomic E-state index is 0.0995. The highest BCUT2D eigenvalue weighted by atomic mass is 35.5. The number of para-hydroxylation sites is 2. The van der Waals surface area contributed by atoms with Crippen molar-refractivity contribution in [3.8, 4) is 12.1 Å². The van der Waals surface area contributed by atoms with Crippen molar-refractivity contribution in [2.75, 3.05) is 36.1 Å². The van der Waals surface area contributed by atoms with Gasteiger partial charge in [-0.3, -0.25) is 9.59 Å². The molecule has 12 rings (SSSR count). The van der Waals surface area contributed by atoms with E-state index in [1.165, 1.54) is 0 Å². The Kier molecular flexibility index (Phi) is 14.4. The van der Waals surface area contributed by atoms with Gasteiger partial charge >= 0.3 is 23.2 Å². The summed E-state index contributed by atoms with van der Waals surface area (Å²) in [5.41, 5.74) is 0.165. The van der Waals surface area contributed by atoms with Gasteiger partial charge in [0.2, 0.25) is 11.8 Å². The largest absolute Gasteiger partial charge is 0.463 e. The molecule has 0 saturated heterocycles. The molecule has 0 N–H and O–H groups in total. The van der Waals surface area contributed by atoms with E-state index < -0.39 is 57.7 Å². The van der Waals surface area contributed by atoms with E-state index >= 15 is 0 Å². The zero-order chi connectivity index (χ0) is 57.8. The lowest BCUT2D eigenvalue weighted by molar-refractivity contribution is -0.141. The molecule has 4 heterocycles. The fraction of sp³-hybridized carbons (Fsp3) is 0.212. The molecule has 2 amide bonds. The molecule has 4 aliphatic rings. The molecule has 16 heteroatoms. The molecule has 82 heavy (non-hydrogen) atoms. The number of fused-ring (bicyclic) bond motifs is 6. The summed E-state index contributed by atoms with van der Waals surface area (Å²) in [5.74, 6) is -4.90. The molecule has 6 atom stereocenters. The van der Waals surface area contributed by atoms with Crippen LogP contribution in [0.2, 0.25) is 10.0 Å². The highest BCUT2D eigenvalue weighted by Crippen LogP contribution is 2.66. The molecule has 8 aromatic rings. The van der Waals surface area contributed by atoms with Gasteiger partial charge in [-0.1, -0.05) is 132 Å². The fourth-order valence-corrected chi connectivity index (χ4v) is 13.6. The lowest BCUT2D eigenvalue weighted by Crippen LogP contribution is -2.47. The topological polar surface area (TPSA) is 201 Å². The van der Waals surface area contributed by atoms with Crippen molar-refractivity contribution >= 4 is 80.3 Å². The maximum atomic E-state index is 14.9. The first kappa shape index (κ1) is 54.6. The third-order valence-electron chi connectivity index (χ3n) is 16.3. The molecule has 0 unspecified atom stereocenters. The normalized spacial score (nSPS) is 21.2. The van der Waals surface area contributed by atoms with Crippen LogP contribution in [0.25, 0.3) is 21.9 Å². The average Bonchev–Trinajstić information content (AvgIpc) is 4.26. The molecular formula is C66H50Cl2N4O10. The van der Waals surface area contributed by atoms with Gasteiger partial charge in [-0.05, 0) is 110 Å². The number of hydrogen-bond acceptors (Lipinski definition) is 12. The maximum absolute atomic E-state index is 14.9. The number of hydrogen-bond donors (Lipinski definition) is 0. The van der Waals surface area contributed by atoms with Crippen molar-refractivity contribution in [2.24, 2.45) is 0 Å². The Bertz CT molecular complexity index is 3980. The second-order valence-corrected chi connectivity index (χ2v) is 20.9. The Labute approximate surface area is 480 Å². The van der Waals surface area contributed by atoms with E-state index in [1.807, 2.05) is 74.5 Å². The average molecular weight is 1130 g/mol. The van der Waals surface area contributed by atoms with Crippen LogP contribution in [0.5, 0.6) is 0 Å². The molecule has 14 nitrogen and oxygen atoms in total. The van der Waals surface area contributed by atoms with E-state index in [4.69, 9.17) is 41.5 Å². The summed E-state index contributed by atoms with van der Waals surface area (Å²) < 4.78 is 22.2. The lowest BCUT2D eigenvalue weighted by Gasteiger charge is -2.36. The summed E-state index contributed by atoms with van der Waals surface area (Å²) in [7, 11) is 0. The van der Waals surface area contributed by atoms with Crippen LogP contribution in [0, 0.1) is 22.7 Å². The molecule has 408 valence electrons.